The van der Waals surface area contributed by atoms with E-state index in [1.54, 1.807) is 0 Å². The first-order valence-electron chi connectivity index (χ1n) is 4.12. The van der Waals surface area contributed by atoms with Gasteiger partial charge >= 0.3 is 0 Å². The second-order valence-electron chi connectivity index (χ2n) is 2.52. The Morgan fingerprint density at radius 3 is 2.00 bits per heavy atom. The minimum absolute atomic E-state index is 0.389. The lowest BCUT2D eigenvalue weighted by atomic mass is 10.2. The van der Waals surface area contributed by atoms with Crippen molar-refractivity contribution in [1.82, 2.24) is 4.90 Å². The summed E-state index contributed by atoms with van der Waals surface area (Å²) in [6.45, 7) is 8.83. The first-order valence-corrected chi connectivity index (χ1v) is 4.12. The zero-order valence-electron chi connectivity index (χ0n) is 7.26. The highest BCUT2D eigenvalue weighted by atomic mass is 16.3. The molecule has 0 rings (SSSR count). The largest absolute Gasteiger partial charge is 0.851 e. The Hall–Kier alpha value is -0.0800. The number of hydrogen-bond acceptors (Lipinski definition) is 2. The predicted octanol–water partition coefficient (Wildman–Crippen LogP) is 0.467. The Bertz CT molecular complexity index is 71.7. The Balaban J connectivity index is 3.41. The molecule has 0 aromatic carbocycles. The summed E-state index contributed by atoms with van der Waals surface area (Å²) in [5.41, 5.74) is 0. The van der Waals surface area contributed by atoms with Gasteiger partial charge in [-0.2, -0.15) is 0 Å². The maximum absolute atomic E-state index is 11.0. The van der Waals surface area contributed by atoms with Gasteiger partial charge in [-0.1, -0.05) is 27.2 Å². The van der Waals surface area contributed by atoms with Gasteiger partial charge in [0.25, 0.3) is 0 Å². The molecule has 0 aliphatic rings. The zero-order valence-corrected chi connectivity index (χ0v) is 7.26. The van der Waals surface area contributed by atoms with Crippen molar-refractivity contribution in [3.05, 3.63) is 0 Å². The molecule has 2 nitrogen and oxygen atoms in total. The molecule has 0 saturated heterocycles. The molecule has 10 heavy (non-hydrogen) atoms. The third-order valence-electron chi connectivity index (χ3n) is 1.81. The van der Waals surface area contributed by atoms with Crippen molar-refractivity contribution in [3.8, 4) is 0 Å². The smallest absolute Gasteiger partial charge is 0.00478 e. The molecule has 0 aromatic rings. The molecule has 1 atom stereocenters. The van der Waals surface area contributed by atoms with Crippen LogP contribution in [0.15, 0.2) is 0 Å². The third kappa shape index (κ3) is 3.85. The monoisotopic (exact) mass is 144 g/mol. The number of rotatable bonds is 5. The number of hydrogen-bond donors (Lipinski definition) is 0. The third-order valence-corrected chi connectivity index (χ3v) is 1.81. The fourth-order valence-corrected chi connectivity index (χ4v) is 0.899. The van der Waals surface area contributed by atoms with Crippen molar-refractivity contribution < 1.29 is 5.11 Å². The summed E-state index contributed by atoms with van der Waals surface area (Å²) in [6.07, 6.45) is 0.358. The minimum atomic E-state index is -0.389. The van der Waals surface area contributed by atoms with Crippen LogP contribution >= 0.6 is 0 Å². The van der Waals surface area contributed by atoms with Crippen LogP contribution in [-0.4, -0.2) is 30.6 Å². The standard InChI is InChI=1S/C8H18NO/c1-4-8(10)7-9(5-2)6-3/h8H,4-7H2,1-3H3/q-1. The van der Waals surface area contributed by atoms with Crippen LogP contribution in [0.1, 0.15) is 27.2 Å². The second kappa shape index (κ2) is 5.69. The van der Waals surface area contributed by atoms with E-state index in [4.69, 9.17) is 0 Å². The van der Waals surface area contributed by atoms with Crippen LogP contribution in [0.4, 0.5) is 0 Å². The lowest BCUT2D eigenvalue weighted by molar-refractivity contribution is -0.421. The van der Waals surface area contributed by atoms with Gasteiger partial charge in [0.15, 0.2) is 0 Å². The Morgan fingerprint density at radius 2 is 1.70 bits per heavy atom. The van der Waals surface area contributed by atoms with Crippen LogP contribution in [0.5, 0.6) is 0 Å². The van der Waals surface area contributed by atoms with Crippen LogP contribution in [0.3, 0.4) is 0 Å². The molecular formula is C8H18NO-. The fraction of sp³-hybridized carbons (Fsp3) is 1.00. The molecular weight excluding hydrogens is 126 g/mol. The van der Waals surface area contributed by atoms with E-state index in [0.29, 0.717) is 6.54 Å². The molecule has 0 amide bonds. The molecule has 0 spiro atoms. The lowest BCUT2D eigenvalue weighted by Gasteiger charge is -2.28. The summed E-state index contributed by atoms with van der Waals surface area (Å²) < 4.78 is 0. The summed E-state index contributed by atoms with van der Waals surface area (Å²) in [4.78, 5) is 2.17. The summed E-state index contributed by atoms with van der Waals surface area (Å²) in [5.74, 6) is 0. The Labute approximate surface area is 63.8 Å². The van der Waals surface area contributed by atoms with Gasteiger partial charge in [-0.3, -0.25) is 0 Å². The van der Waals surface area contributed by atoms with Crippen LogP contribution in [0.25, 0.3) is 0 Å². The van der Waals surface area contributed by atoms with E-state index in [2.05, 4.69) is 18.7 Å². The van der Waals surface area contributed by atoms with Crippen LogP contribution < -0.4 is 5.11 Å². The lowest BCUT2D eigenvalue weighted by Crippen LogP contribution is -2.39. The van der Waals surface area contributed by atoms with E-state index in [1.165, 1.54) is 0 Å². The predicted molar refractivity (Wildman–Crippen MR) is 41.9 cm³/mol. The number of likely N-dealkylation sites (N-methyl/N-ethyl adjacent to an activating group) is 1. The van der Waals surface area contributed by atoms with E-state index in [-0.39, 0.29) is 6.10 Å². The highest BCUT2D eigenvalue weighted by Crippen LogP contribution is 1.92. The van der Waals surface area contributed by atoms with Gasteiger partial charge in [-0.05, 0) is 19.6 Å². The van der Waals surface area contributed by atoms with Crippen molar-refractivity contribution >= 4 is 0 Å². The fourth-order valence-electron chi connectivity index (χ4n) is 0.899. The summed E-state index contributed by atoms with van der Waals surface area (Å²) in [6, 6.07) is 0. The highest BCUT2D eigenvalue weighted by Gasteiger charge is 1.98. The van der Waals surface area contributed by atoms with Crippen LogP contribution in [0.2, 0.25) is 0 Å². The van der Waals surface area contributed by atoms with Crippen molar-refractivity contribution in [3.63, 3.8) is 0 Å². The van der Waals surface area contributed by atoms with E-state index < -0.39 is 0 Å². The second-order valence-corrected chi connectivity index (χ2v) is 2.52. The molecule has 0 N–H and O–H groups in total. The van der Waals surface area contributed by atoms with Gasteiger partial charge in [-0.15, -0.1) is 6.10 Å². The van der Waals surface area contributed by atoms with Gasteiger partial charge < -0.3 is 10.0 Å². The van der Waals surface area contributed by atoms with Crippen LogP contribution in [-0.2, 0) is 0 Å². The molecule has 0 fully saturated rings. The maximum Gasteiger partial charge on any atom is -0.00478 e. The van der Waals surface area contributed by atoms with E-state index in [0.717, 1.165) is 19.5 Å². The average Bonchev–Trinajstić information content (AvgIpc) is 1.99. The van der Waals surface area contributed by atoms with E-state index in [1.807, 2.05) is 6.92 Å². The summed E-state index contributed by atoms with van der Waals surface area (Å²) in [7, 11) is 0. The average molecular weight is 144 g/mol. The zero-order chi connectivity index (χ0) is 7.98. The minimum Gasteiger partial charge on any atom is -0.851 e. The first kappa shape index (κ1) is 9.92. The van der Waals surface area contributed by atoms with Gasteiger partial charge in [0, 0.05) is 0 Å². The van der Waals surface area contributed by atoms with Gasteiger partial charge in [0.05, 0.1) is 0 Å². The molecule has 2 heteroatoms. The Morgan fingerprint density at radius 1 is 1.20 bits per heavy atom. The number of nitrogens with zero attached hydrogens (tertiary/aromatic N) is 1. The van der Waals surface area contributed by atoms with Crippen molar-refractivity contribution in [2.75, 3.05) is 19.6 Å². The van der Waals surface area contributed by atoms with Crippen LogP contribution in [0, 0.1) is 0 Å². The highest BCUT2D eigenvalue weighted by molar-refractivity contribution is 4.58. The van der Waals surface area contributed by atoms with Gasteiger partial charge in [-0.25, -0.2) is 0 Å². The molecule has 0 saturated carbocycles. The van der Waals surface area contributed by atoms with Crippen molar-refractivity contribution in [2.24, 2.45) is 0 Å². The molecule has 0 aromatic heterocycles. The van der Waals surface area contributed by atoms with E-state index in [9.17, 15) is 5.11 Å². The van der Waals surface area contributed by atoms with Gasteiger partial charge in [0.1, 0.15) is 0 Å². The SMILES string of the molecule is CCC([O-])CN(CC)CC. The maximum atomic E-state index is 11.0. The molecule has 0 aliphatic heterocycles. The first-order chi connectivity index (χ1) is 4.74. The Kier molecular flexibility index (Phi) is 5.64. The van der Waals surface area contributed by atoms with E-state index >= 15 is 0 Å². The molecule has 62 valence electrons. The normalized spacial score (nSPS) is 14.1. The molecule has 1 unspecified atom stereocenters. The molecule has 0 bridgehead atoms. The van der Waals surface area contributed by atoms with Crippen molar-refractivity contribution in [1.29, 1.82) is 0 Å². The molecule has 0 heterocycles. The summed E-state index contributed by atoms with van der Waals surface area (Å²) >= 11 is 0. The molecule has 0 aliphatic carbocycles. The van der Waals surface area contributed by atoms with Crippen molar-refractivity contribution in [2.45, 2.75) is 33.3 Å². The topological polar surface area (TPSA) is 26.3 Å². The van der Waals surface area contributed by atoms with Gasteiger partial charge in [0.2, 0.25) is 0 Å². The quantitative estimate of drug-likeness (QED) is 0.560. The summed E-state index contributed by atoms with van der Waals surface area (Å²) in [5, 5.41) is 11.0. The molecule has 0 radical (unpaired) electrons.